The molecule has 1 amide bonds. The largest absolute Gasteiger partial charge is 0.452 e. The number of benzene rings is 4. The number of hydrogen-bond donors (Lipinski definition) is 0. The van der Waals surface area contributed by atoms with Crippen molar-refractivity contribution < 1.29 is 19.1 Å². The lowest BCUT2D eigenvalue weighted by atomic mass is 9.86. The highest BCUT2D eigenvalue weighted by Crippen LogP contribution is 2.35. The van der Waals surface area contributed by atoms with Crippen molar-refractivity contribution in [3.05, 3.63) is 130 Å². The van der Waals surface area contributed by atoms with E-state index in [1.165, 1.54) is 18.4 Å². The predicted molar refractivity (Wildman–Crippen MR) is 180 cm³/mol. The van der Waals surface area contributed by atoms with Gasteiger partial charge in [-0.25, -0.2) is 4.79 Å². The van der Waals surface area contributed by atoms with Gasteiger partial charge in [-0.2, -0.15) is 0 Å². The molecule has 4 aromatic rings. The van der Waals surface area contributed by atoms with E-state index in [0.29, 0.717) is 23.5 Å². The van der Waals surface area contributed by atoms with E-state index in [4.69, 9.17) is 9.47 Å². The van der Waals surface area contributed by atoms with Crippen molar-refractivity contribution in [2.24, 2.45) is 0 Å². The normalized spacial score (nSPS) is 13.5. The van der Waals surface area contributed by atoms with Crippen molar-refractivity contribution in [2.45, 2.75) is 78.6 Å². The van der Waals surface area contributed by atoms with E-state index in [1.807, 2.05) is 54.6 Å². The van der Waals surface area contributed by atoms with Crippen LogP contribution in [-0.2, 0) is 23.1 Å². The summed E-state index contributed by atoms with van der Waals surface area (Å²) in [6.07, 6.45) is 3.47. The van der Waals surface area contributed by atoms with E-state index in [1.54, 1.807) is 30.9 Å². The molecule has 0 fully saturated rings. The van der Waals surface area contributed by atoms with Crippen LogP contribution in [-0.4, -0.2) is 17.7 Å². The van der Waals surface area contributed by atoms with E-state index in [-0.39, 0.29) is 16.9 Å². The van der Waals surface area contributed by atoms with Crippen LogP contribution in [0.2, 0.25) is 0 Å². The Morgan fingerprint density at radius 3 is 1.98 bits per heavy atom. The minimum atomic E-state index is -1.06. The number of ether oxygens (including phenoxy) is 2. The molecule has 1 aliphatic heterocycles. The molecule has 0 saturated carbocycles. The van der Waals surface area contributed by atoms with Gasteiger partial charge >= 0.3 is 5.97 Å². The van der Waals surface area contributed by atoms with Gasteiger partial charge in [0.1, 0.15) is 11.3 Å². The summed E-state index contributed by atoms with van der Waals surface area (Å²) in [5.41, 5.74) is 6.67. The molecule has 0 aliphatic carbocycles. The molecule has 0 saturated heterocycles. The van der Waals surface area contributed by atoms with E-state index < -0.39 is 11.8 Å². The van der Waals surface area contributed by atoms with Crippen molar-refractivity contribution in [3.63, 3.8) is 0 Å². The molecule has 5 heteroatoms. The van der Waals surface area contributed by atoms with Gasteiger partial charge in [0.05, 0.1) is 6.54 Å². The number of amides is 1. The summed E-state index contributed by atoms with van der Waals surface area (Å²) in [5.74, 6) is 5.22. The first kappa shape index (κ1) is 31.6. The van der Waals surface area contributed by atoms with Crippen LogP contribution in [0.4, 0.5) is 5.69 Å². The average molecular weight is 600 g/mol. The first-order valence-electron chi connectivity index (χ1n) is 15.6. The van der Waals surface area contributed by atoms with Gasteiger partial charge in [-0.15, -0.1) is 0 Å². The Balaban J connectivity index is 1.41. The van der Waals surface area contributed by atoms with Gasteiger partial charge in [-0.3, -0.25) is 4.79 Å². The van der Waals surface area contributed by atoms with Gasteiger partial charge < -0.3 is 14.4 Å². The molecular weight excluding hydrogens is 558 g/mol. The van der Waals surface area contributed by atoms with Gasteiger partial charge in [-0.05, 0) is 89.5 Å². The van der Waals surface area contributed by atoms with Crippen LogP contribution in [0.1, 0.15) is 103 Å². The molecular formula is C40H41NO4. The van der Waals surface area contributed by atoms with Crippen molar-refractivity contribution in [3.8, 4) is 17.6 Å². The number of hydrogen-bond acceptors (Lipinski definition) is 4. The highest BCUT2D eigenvalue weighted by Gasteiger charge is 2.34. The fourth-order valence-electron chi connectivity index (χ4n) is 5.20. The number of anilines is 1. The zero-order chi connectivity index (χ0) is 32.2. The second-order valence-corrected chi connectivity index (χ2v) is 13.0. The minimum absolute atomic E-state index is 0.0311. The van der Waals surface area contributed by atoms with Gasteiger partial charge in [-0.1, -0.05) is 82.4 Å². The molecule has 4 aromatic carbocycles. The maximum Gasteiger partial charge on any atom is 0.345 e. The number of fused-ring (bicyclic) bond motifs is 1. The molecule has 45 heavy (non-hydrogen) atoms. The van der Waals surface area contributed by atoms with Crippen LogP contribution in [0.3, 0.4) is 0 Å². The van der Waals surface area contributed by atoms with E-state index >= 15 is 0 Å². The summed E-state index contributed by atoms with van der Waals surface area (Å²) < 4.78 is 11.3. The highest BCUT2D eigenvalue weighted by atomic mass is 16.7. The number of cyclic esters (lactones) is 1. The molecule has 230 valence electrons. The fourth-order valence-corrected chi connectivity index (χ4v) is 5.20. The van der Waals surface area contributed by atoms with Crippen LogP contribution < -0.4 is 9.64 Å². The number of rotatable bonds is 7. The lowest BCUT2D eigenvalue weighted by Gasteiger charge is -2.32. The Labute approximate surface area is 267 Å². The second kappa shape index (κ2) is 13.0. The van der Waals surface area contributed by atoms with Crippen LogP contribution in [0.5, 0.6) is 5.75 Å². The van der Waals surface area contributed by atoms with Gasteiger partial charge in [0.25, 0.3) is 5.91 Å². The van der Waals surface area contributed by atoms with Gasteiger partial charge in [0.15, 0.2) is 0 Å². The molecule has 0 N–H and O–H groups in total. The molecule has 0 spiro atoms. The first-order chi connectivity index (χ1) is 21.4. The zero-order valence-electron chi connectivity index (χ0n) is 27.1. The van der Waals surface area contributed by atoms with Gasteiger partial charge in [0.2, 0.25) is 5.79 Å². The van der Waals surface area contributed by atoms with Crippen molar-refractivity contribution in [1.29, 1.82) is 0 Å². The predicted octanol–water partition coefficient (Wildman–Crippen LogP) is 8.86. The second-order valence-electron chi connectivity index (χ2n) is 13.0. The van der Waals surface area contributed by atoms with Crippen molar-refractivity contribution >= 4 is 17.6 Å². The zero-order valence-corrected chi connectivity index (χ0v) is 27.1. The van der Waals surface area contributed by atoms with E-state index in [0.717, 1.165) is 28.7 Å². The molecule has 0 atom stereocenters. The third kappa shape index (κ3) is 7.83. The number of aryl methyl sites for hydroxylation is 1. The smallest absolute Gasteiger partial charge is 0.345 e. The summed E-state index contributed by atoms with van der Waals surface area (Å²) in [6.45, 7) is 12.3. The number of nitrogens with zero attached hydrogens (tertiary/aromatic N) is 1. The Kier molecular flexibility index (Phi) is 9.16. The summed E-state index contributed by atoms with van der Waals surface area (Å²) in [4.78, 5) is 28.6. The monoisotopic (exact) mass is 599 g/mol. The van der Waals surface area contributed by atoms with Crippen LogP contribution >= 0.6 is 0 Å². The van der Waals surface area contributed by atoms with Crippen LogP contribution in [0.15, 0.2) is 91.0 Å². The molecule has 0 aromatic heterocycles. The fraction of sp³-hybridized carbons (Fsp3) is 0.300. The summed E-state index contributed by atoms with van der Waals surface area (Å²) >= 11 is 0. The van der Waals surface area contributed by atoms with Gasteiger partial charge in [0, 0.05) is 36.2 Å². The molecule has 1 aliphatic rings. The van der Waals surface area contributed by atoms with E-state index in [9.17, 15) is 9.59 Å². The Bertz CT molecular complexity index is 1730. The molecule has 0 unspecified atom stereocenters. The third-order valence-corrected chi connectivity index (χ3v) is 7.85. The van der Waals surface area contributed by atoms with Crippen LogP contribution in [0.25, 0.3) is 0 Å². The summed E-state index contributed by atoms with van der Waals surface area (Å²) in [5, 5.41) is 0. The maximum atomic E-state index is 14.0. The Morgan fingerprint density at radius 2 is 1.40 bits per heavy atom. The molecule has 5 nitrogen and oxygen atoms in total. The number of esters is 1. The minimum Gasteiger partial charge on any atom is -0.452 e. The summed E-state index contributed by atoms with van der Waals surface area (Å²) in [6, 6.07) is 29.3. The third-order valence-electron chi connectivity index (χ3n) is 7.85. The molecule has 5 rings (SSSR count). The Hall–Kier alpha value is -4.82. The lowest BCUT2D eigenvalue weighted by molar-refractivity contribution is -0.127. The van der Waals surface area contributed by atoms with Crippen molar-refractivity contribution in [2.75, 3.05) is 4.90 Å². The first-order valence-corrected chi connectivity index (χ1v) is 15.6. The number of unbranched alkanes of at least 4 members (excludes halogenated alkanes) is 1. The topological polar surface area (TPSA) is 55.8 Å². The maximum absolute atomic E-state index is 14.0. The quantitative estimate of drug-likeness (QED) is 0.157. The molecule has 1 heterocycles. The van der Waals surface area contributed by atoms with Crippen molar-refractivity contribution in [1.82, 2.24) is 0 Å². The standard InChI is InChI=1S/C40H41NO4/c1-7-8-9-28-10-12-29(13-11-28)14-15-30-16-18-31(19-17-30)27-41(37(42)32-20-22-33(23-21-32)39(2,3)4)34-24-25-36-35(26-34)38(43)45-40(5,6)44-36/h10-13,16-26H,7-9,27H2,1-6H3. The lowest BCUT2D eigenvalue weighted by Crippen LogP contribution is -2.39. The SMILES string of the molecule is CCCCc1ccc(C#Cc2ccc(CN(C(=O)c3ccc(C(C)(C)C)cc3)c3ccc4c(c3)C(=O)OC(C)(C)O4)cc2)cc1. The Morgan fingerprint density at radius 1 is 0.800 bits per heavy atom. The molecule has 0 radical (unpaired) electrons. The average Bonchev–Trinajstić information content (AvgIpc) is 3.01. The number of carbonyl (C=O) groups excluding carboxylic acids is 2. The summed E-state index contributed by atoms with van der Waals surface area (Å²) in [7, 11) is 0. The number of carbonyl (C=O) groups is 2. The van der Waals surface area contributed by atoms with Crippen LogP contribution in [0, 0.1) is 11.8 Å². The van der Waals surface area contributed by atoms with E-state index in [2.05, 4.69) is 63.8 Å². The highest BCUT2D eigenvalue weighted by molar-refractivity contribution is 6.07. The molecule has 0 bridgehead atoms.